The molecule has 0 bridgehead atoms. The number of nitrogens with two attached hydrogens (primary N) is 1. The molecule has 7 nitrogen and oxygen atoms in total. The van der Waals surface area contributed by atoms with Crippen LogP contribution in [0.3, 0.4) is 0 Å². The Morgan fingerprint density at radius 3 is 2.67 bits per heavy atom. The fraction of sp³-hybridized carbons (Fsp3) is 0.368. The molecule has 1 aliphatic rings. The van der Waals surface area contributed by atoms with Crippen molar-refractivity contribution in [3.05, 3.63) is 47.3 Å². The minimum atomic E-state index is -0.748. The highest BCUT2D eigenvalue weighted by Gasteiger charge is 2.26. The fourth-order valence-electron chi connectivity index (χ4n) is 3.02. The van der Waals surface area contributed by atoms with Gasteiger partial charge in [-0.25, -0.2) is 9.37 Å². The number of rotatable bonds is 6. The van der Waals surface area contributed by atoms with Gasteiger partial charge in [0.15, 0.2) is 11.6 Å². The molecule has 3 rings (SSSR count). The molecule has 144 valence electrons. The number of aryl methyl sites for hydroxylation is 1. The lowest BCUT2D eigenvalue weighted by atomic mass is 10.0. The van der Waals surface area contributed by atoms with Crippen LogP contribution in [-0.4, -0.2) is 43.2 Å². The fourth-order valence-corrected chi connectivity index (χ4v) is 3.02. The Balaban J connectivity index is 1.90. The average Bonchev–Trinajstić information content (AvgIpc) is 2.66. The summed E-state index contributed by atoms with van der Waals surface area (Å²) >= 11 is 0. The number of amides is 1. The van der Waals surface area contributed by atoms with Crippen LogP contribution in [-0.2, 0) is 4.74 Å². The number of halogens is 1. The van der Waals surface area contributed by atoms with E-state index in [-0.39, 0.29) is 29.3 Å². The van der Waals surface area contributed by atoms with Crippen molar-refractivity contribution in [1.29, 1.82) is 0 Å². The predicted octanol–water partition coefficient (Wildman–Crippen LogP) is 2.16. The maximum atomic E-state index is 14.6. The van der Waals surface area contributed by atoms with Gasteiger partial charge < -0.3 is 26.4 Å². The molecule has 1 amide bonds. The van der Waals surface area contributed by atoms with Crippen molar-refractivity contribution in [1.82, 2.24) is 10.3 Å². The van der Waals surface area contributed by atoms with Crippen molar-refractivity contribution in [3.8, 4) is 0 Å². The summed E-state index contributed by atoms with van der Waals surface area (Å²) in [6.07, 6.45) is 0.713. The second kappa shape index (κ2) is 8.32. The lowest BCUT2D eigenvalue weighted by Gasteiger charge is -2.32. The first-order valence-corrected chi connectivity index (χ1v) is 8.83. The second-order valence-corrected chi connectivity index (χ2v) is 6.58. The van der Waals surface area contributed by atoms with E-state index in [0.717, 1.165) is 17.3 Å². The molecule has 0 spiro atoms. The number of ether oxygens (including phenoxy) is 1. The number of nitrogens with one attached hydrogen (secondary N) is 3. The third-order valence-corrected chi connectivity index (χ3v) is 4.60. The van der Waals surface area contributed by atoms with Crippen LogP contribution in [0.1, 0.15) is 22.3 Å². The number of carbonyl (C=O) groups is 1. The molecule has 27 heavy (non-hydrogen) atoms. The Bertz CT molecular complexity index is 812. The van der Waals surface area contributed by atoms with Gasteiger partial charge in [-0.3, -0.25) is 4.79 Å². The number of carbonyl (C=O) groups excluding carboxylic acids is 1. The summed E-state index contributed by atoms with van der Waals surface area (Å²) < 4.78 is 20.0. The normalized spacial score (nSPS) is 19.5. The van der Waals surface area contributed by atoms with E-state index in [4.69, 9.17) is 10.5 Å². The summed E-state index contributed by atoms with van der Waals surface area (Å²) in [5, 5.41) is 9.34. The third kappa shape index (κ3) is 4.53. The Hall–Kier alpha value is -2.71. The lowest BCUT2D eigenvalue weighted by molar-refractivity contribution is 0.0656. The van der Waals surface area contributed by atoms with Gasteiger partial charge in [-0.1, -0.05) is 17.7 Å². The van der Waals surface area contributed by atoms with Gasteiger partial charge in [-0.2, -0.15) is 0 Å². The van der Waals surface area contributed by atoms with Gasteiger partial charge in [0, 0.05) is 18.3 Å². The van der Waals surface area contributed by atoms with Crippen molar-refractivity contribution in [3.63, 3.8) is 0 Å². The highest BCUT2D eigenvalue weighted by Crippen LogP contribution is 2.25. The molecular formula is C19H24FN5O2. The van der Waals surface area contributed by atoms with Crippen LogP contribution >= 0.6 is 0 Å². The summed E-state index contributed by atoms with van der Waals surface area (Å²) in [5.41, 5.74) is 7.23. The van der Waals surface area contributed by atoms with Crippen LogP contribution in [0.2, 0.25) is 0 Å². The highest BCUT2D eigenvalue weighted by molar-refractivity contribution is 5.98. The quantitative estimate of drug-likeness (QED) is 0.619. The smallest absolute Gasteiger partial charge is 0.252 e. The minimum absolute atomic E-state index is 0.00392. The molecule has 0 saturated carbocycles. The maximum Gasteiger partial charge on any atom is 0.252 e. The topological polar surface area (TPSA) is 101 Å². The molecule has 8 heteroatoms. The Morgan fingerprint density at radius 2 is 2.00 bits per heavy atom. The number of aromatic nitrogens is 1. The lowest BCUT2D eigenvalue weighted by Crippen LogP contribution is -2.49. The zero-order chi connectivity index (χ0) is 19.4. The summed E-state index contributed by atoms with van der Waals surface area (Å²) in [6, 6.07) is 8.66. The Labute approximate surface area is 157 Å². The molecule has 1 saturated heterocycles. The van der Waals surface area contributed by atoms with Crippen LogP contribution < -0.4 is 21.7 Å². The maximum absolute atomic E-state index is 14.6. The molecule has 0 aliphatic carbocycles. The largest absolute Gasteiger partial charge is 0.380 e. The zero-order valence-corrected chi connectivity index (χ0v) is 15.4. The number of benzene rings is 1. The SMILES string of the molecule is CN[C@H]1COCCC1Nc1nc(Nc2ccc(C)cc2)c(C(N)=O)cc1F. The number of nitrogens with zero attached hydrogens (tertiary/aromatic N) is 1. The first-order chi connectivity index (χ1) is 13.0. The van der Waals surface area contributed by atoms with Crippen molar-refractivity contribution in [2.75, 3.05) is 30.9 Å². The number of hydrogen-bond acceptors (Lipinski definition) is 6. The molecule has 1 aromatic heterocycles. The van der Waals surface area contributed by atoms with E-state index in [9.17, 15) is 9.18 Å². The molecular weight excluding hydrogens is 349 g/mol. The van der Waals surface area contributed by atoms with E-state index in [2.05, 4.69) is 20.9 Å². The van der Waals surface area contributed by atoms with Gasteiger partial charge in [-0.05, 0) is 38.6 Å². The van der Waals surface area contributed by atoms with E-state index in [1.165, 1.54) is 0 Å². The van der Waals surface area contributed by atoms with Gasteiger partial charge in [0.25, 0.3) is 5.91 Å². The Morgan fingerprint density at radius 1 is 1.26 bits per heavy atom. The zero-order valence-electron chi connectivity index (χ0n) is 15.4. The average molecular weight is 373 g/mol. The van der Waals surface area contributed by atoms with Crippen LogP contribution in [0.5, 0.6) is 0 Å². The number of anilines is 3. The molecule has 1 unspecified atom stereocenters. The molecule has 2 atom stereocenters. The monoisotopic (exact) mass is 373 g/mol. The van der Waals surface area contributed by atoms with Gasteiger partial charge in [0.1, 0.15) is 5.82 Å². The molecule has 2 heterocycles. The van der Waals surface area contributed by atoms with Crippen LogP contribution in [0.25, 0.3) is 0 Å². The van der Waals surface area contributed by atoms with E-state index in [1.54, 1.807) is 0 Å². The number of primary amides is 1. The molecule has 2 aromatic rings. The van der Waals surface area contributed by atoms with Gasteiger partial charge in [0.05, 0.1) is 18.2 Å². The number of pyridine rings is 1. The van der Waals surface area contributed by atoms with E-state index >= 15 is 0 Å². The van der Waals surface area contributed by atoms with Crippen molar-refractivity contribution >= 4 is 23.2 Å². The van der Waals surface area contributed by atoms with Gasteiger partial charge >= 0.3 is 0 Å². The van der Waals surface area contributed by atoms with E-state index in [1.807, 2.05) is 38.2 Å². The highest BCUT2D eigenvalue weighted by atomic mass is 19.1. The molecule has 1 aromatic carbocycles. The van der Waals surface area contributed by atoms with E-state index in [0.29, 0.717) is 19.6 Å². The molecule has 5 N–H and O–H groups in total. The first kappa shape index (κ1) is 19.1. The first-order valence-electron chi connectivity index (χ1n) is 8.83. The number of hydrogen-bond donors (Lipinski definition) is 4. The standard InChI is InChI=1S/C19H24FN5O2/c1-11-3-5-12(6-4-11)23-18-13(17(21)26)9-14(20)19(25-18)24-15-7-8-27-10-16(15)22-2/h3-6,9,15-16,22H,7-8,10H2,1-2H3,(H2,21,26)(H2,23,24,25)/t15?,16-/m0/s1. The van der Waals surface area contributed by atoms with Crippen molar-refractivity contribution in [2.45, 2.75) is 25.4 Å². The summed E-state index contributed by atoms with van der Waals surface area (Å²) in [5.74, 6) is -1.09. The van der Waals surface area contributed by atoms with Gasteiger partial charge in [-0.15, -0.1) is 0 Å². The second-order valence-electron chi connectivity index (χ2n) is 6.58. The van der Waals surface area contributed by atoms with Gasteiger partial charge in [0.2, 0.25) is 0 Å². The molecule has 1 aliphatic heterocycles. The van der Waals surface area contributed by atoms with Crippen LogP contribution in [0, 0.1) is 12.7 Å². The summed E-state index contributed by atoms with van der Waals surface area (Å²) in [7, 11) is 1.83. The summed E-state index contributed by atoms with van der Waals surface area (Å²) in [6.45, 7) is 3.10. The van der Waals surface area contributed by atoms with Crippen molar-refractivity contribution < 1.29 is 13.9 Å². The van der Waals surface area contributed by atoms with Crippen LogP contribution in [0.4, 0.5) is 21.7 Å². The number of likely N-dealkylation sites (N-methyl/N-ethyl adjacent to an activating group) is 1. The Kier molecular flexibility index (Phi) is 5.88. The predicted molar refractivity (Wildman–Crippen MR) is 103 cm³/mol. The summed E-state index contributed by atoms with van der Waals surface area (Å²) in [4.78, 5) is 16.1. The third-order valence-electron chi connectivity index (χ3n) is 4.60. The van der Waals surface area contributed by atoms with Crippen molar-refractivity contribution in [2.24, 2.45) is 5.73 Å². The van der Waals surface area contributed by atoms with E-state index < -0.39 is 11.7 Å². The van der Waals surface area contributed by atoms with Crippen LogP contribution in [0.15, 0.2) is 30.3 Å². The molecule has 0 radical (unpaired) electrons. The minimum Gasteiger partial charge on any atom is -0.380 e. The molecule has 1 fully saturated rings.